The molecule has 0 fully saturated rings. The number of hydrogen-bond donors (Lipinski definition) is 1. The summed E-state index contributed by atoms with van der Waals surface area (Å²) in [6.07, 6.45) is 1.88. The molecule has 5 heteroatoms. The third-order valence-electron chi connectivity index (χ3n) is 2.59. The fourth-order valence-electron chi connectivity index (χ4n) is 1.76. The third kappa shape index (κ3) is 4.02. The maximum atomic E-state index is 11.2. The molecule has 1 atom stereocenters. The molecule has 0 spiro atoms. The summed E-state index contributed by atoms with van der Waals surface area (Å²) in [5.74, 6) is 0.808. The Bertz CT molecular complexity index is 483. The van der Waals surface area contributed by atoms with Gasteiger partial charge < -0.3 is 4.74 Å². The minimum atomic E-state index is -3.19. The molecule has 0 saturated carbocycles. The number of hydrogen-bond acceptors (Lipinski definition) is 3. The number of methoxy groups -OCH3 is 1. The highest BCUT2D eigenvalue weighted by Gasteiger charge is 2.14. The predicted molar refractivity (Wildman–Crippen MR) is 68.7 cm³/mol. The van der Waals surface area contributed by atoms with Gasteiger partial charge in [0.15, 0.2) is 0 Å². The first kappa shape index (κ1) is 14.0. The second-order valence-electron chi connectivity index (χ2n) is 4.08. The van der Waals surface area contributed by atoms with Gasteiger partial charge in [-0.2, -0.15) is 0 Å². The lowest BCUT2D eigenvalue weighted by Crippen LogP contribution is -2.27. The highest BCUT2D eigenvalue weighted by atomic mass is 32.2. The maximum absolute atomic E-state index is 11.2. The number of sulfonamides is 1. The molecule has 0 aromatic heterocycles. The quantitative estimate of drug-likeness (QED) is 0.877. The zero-order valence-electron chi connectivity index (χ0n) is 10.6. The minimum Gasteiger partial charge on any atom is -0.496 e. The first-order chi connectivity index (χ1) is 7.87. The average molecular weight is 257 g/mol. The molecule has 1 unspecified atom stereocenters. The smallest absolute Gasteiger partial charge is 0.209 e. The van der Waals surface area contributed by atoms with Gasteiger partial charge in [-0.15, -0.1) is 0 Å². The van der Waals surface area contributed by atoms with Gasteiger partial charge in [0, 0.05) is 6.04 Å². The second kappa shape index (κ2) is 5.51. The average Bonchev–Trinajstić information content (AvgIpc) is 2.24. The van der Waals surface area contributed by atoms with E-state index in [2.05, 4.69) is 4.72 Å². The van der Waals surface area contributed by atoms with Gasteiger partial charge >= 0.3 is 0 Å². The summed E-state index contributed by atoms with van der Waals surface area (Å²) in [6.45, 7) is 3.89. The molecule has 0 bridgehead atoms. The van der Waals surface area contributed by atoms with Crippen LogP contribution in [0.25, 0.3) is 0 Å². The molecule has 96 valence electrons. The Hall–Kier alpha value is -1.07. The van der Waals surface area contributed by atoms with Crippen molar-refractivity contribution in [3.63, 3.8) is 0 Å². The van der Waals surface area contributed by atoms with Crippen LogP contribution in [0.1, 0.15) is 30.5 Å². The molecule has 0 radical (unpaired) electrons. The van der Waals surface area contributed by atoms with E-state index in [1.54, 1.807) is 7.11 Å². The SMILES string of the molecule is CCC(NS(C)(=O)=O)c1ccc(OC)c(C)c1. The van der Waals surface area contributed by atoms with Gasteiger partial charge in [0.1, 0.15) is 5.75 Å². The Morgan fingerprint density at radius 1 is 1.41 bits per heavy atom. The predicted octanol–water partition coefficient (Wildman–Crippen LogP) is 2.00. The van der Waals surface area contributed by atoms with E-state index in [0.29, 0.717) is 6.42 Å². The minimum absolute atomic E-state index is 0.186. The standard InChI is InChI=1S/C12H19NO3S/c1-5-11(13-17(4,14)15)10-6-7-12(16-3)9(2)8-10/h6-8,11,13H,5H2,1-4H3. The molecule has 0 aliphatic rings. The topological polar surface area (TPSA) is 55.4 Å². The summed E-state index contributed by atoms with van der Waals surface area (Å²) in [6, 6.07) is 5.51. The van der Waals surface area contributed by atoms with E-state index in [9.17, 15) is 8.42 Å². The van der Waals surface area contributed by atoms with E-state index < -0.39 is 10.0 Å². The monoisotopic (exact) mass is 257 g/mol. The summed E-state index contributed by atoms with van der Waals surface area (Å²) in [5.41, 5.74) is 1.95. The van der Waals surface area contributed by atoms with Crippen LogP contribution in [0, 0.1) is 6.92 Å². The fourth-order valence-corrected chi connectivity index (χ4v) is 2.58. The Morgan fingerprint density at radius 3 is 2.47 bits per heavy atom. The van der Waals surface area contributed by atoms with E-state index in [-0.39, 0.29) is 6.04 Å². The molecule has 0 heterocycles. The molecule has 0 amide bonds. The van der Waals surface area contributed by atoms with Crippen molar-refractivity contribution < 1.29 is 13.2 Å². The molecule has 1 rings (SSSR count). The molecule has 4 nitrogen and oxygen atoms in total. The fraction of sp³-hybridized carbons (Fsp3) is 0.500. The molecular weight excluding hydrogens is 238 g/mol. The van der Waals surface area contributed by atoms with Crippen LogP contribution in [0.3, 0.4) is 0 Å². The van der Waals surface area contributed by atoms with Crippen molar-refractivity contribution in [1.29, 1.82) is 0 Å². The van der Waals surface area contributed by atoms with Gasteiger partial charge in [-0.05, 0) is 30.5 Å². The first-order valence-electron chi connectivity index (χ1n) is 5.49. The second-order valence-corrected chi connectivity index (χ2v) is 5.86. The number of benzene rings is 1. The molecule has 17 heavy (non-hydrogen) atoms. The third-order valence-corrected chi connectivity index (χ3v) is 3.30. The van der Waals surface area contributed by atoms with Gasteiger partial charge in [-0.3, -0.25) is 0 Å². The molecule has 1 N–H and O–H groups in total. The first-order valence-corrected chi connectivity index (χ1v) is 7.38. The van der Waals surface area contributed by atoms with Crippen LogP contribution in [-0.4, -0.2) is 21.8 Å². The van der Waals surface area contributed by atoms with Crippen LogP contribution in [0.15, 0.2) is 18.2 Å². The van der Waals surface area contributed by atoms with Crippen molar-refractivity contribution in [2.24, 2.45) is 0 Å². The highest BCUT2D eigenvalue weighted by Crippen LogP contribution is 2.24. The zero-order valence-corrected chi connectivity index (χ0v) is 11.5. The van der Waals surface area contributed by atoms with Crippen LogP contribution in [0.4, 0.5) is 0 Å². The number of rotatable bonds is 5. The Morgan fingerprint density at radius 2 is 2.06 bits per heavy atom. The van der Waals surface area contributed by atoms with Crippen molar-refractivity contribution in [2.45, 2.75) is 26.3 Å². The molecule has 0 aliphatic heterocycles. The molecule has 1 aromatic carbocycles. The van der Waals surface area contributed by atoms with E-state index in [4.69, 9.17) is 4.74 Å². The van der Waals surface area contributed by atoms with Crippen LogP contribution in [-0.2, 0) is 10.0 Å². The van der Waals surface area contributed by atoms with Gasteiger partial charge in [0.2, 0.25) is 10.0 Å². The lowest BCUT2D eigenvalue weighted by Gasteiger charge is -2.17. The number of ether oxygens (including phenoxy) is 1. The summed E-state index contributed by atoms with van der Waals surface area (Å²) in [7, 11) is -1.57. The van der Waals surface area contributed by atoms with Crippen LogP contribution < -0.4 is 9.46 Å². The summed E-state index contributed by atoms with van der Waals surface area (Å²) in [4.78, 5) is 0. The zero-order chi connectivity index (χ0) is 13.1. The van der Waals surface area contributed by atoms with Crippen LogP contribution in [0.2, 0.25) is 0 Å². The summed E-state index contributed by atoms with van der Waals surface area (Å²) >= 11 is 0. The van der Waals surface area contributed by atoms with Gasteiger partial charge in [0.05, 0.1) is 13.4 Å². The Kier molecular flexibility index (Phi) is 4.54. The molecule has 0 saturated heterocycles. The Balaban J connectivity index is 3.01. The van der Waals surface area contributed by atoms with Crippen molar-refractivity contribution in [2.75, 3.05) is 13.4 Å². The van der Waals surface area contributed by atoms with E-state index in [1.807, 2.05) is 32.0 Å². The largest absolute Gasteiger partial charge is 0.496 e. The van der Waals surface area contributed by atoms with Gasteiger partial charge in [-0.25, -0.2) is 13.1 Å². The van der Waals surface area contributed by atoms with Crippen molar-refractivity contribution in [3.05, 3.63) is 29.3 Å². The lowest BCUT2D eigenvalue weighted by molar-refractivity contribution is 0.411. The van der Waals surface area contributed by atoms with E-state index in [1.165, 1.54) is 6.26 Å². The number of nitrogens with one attached hydrogen (secondary N) is 1. The molecule has 0 aliphatic carbocycles. The highest BCUT2D eigenvalue weighted by molar-refractivity contribution is 7.88. The van der Waals surface area contributed by atoms with Gasteiger partial charge in [0.25, 0.3) is 0 Å². The van der Waals surface area contributed by atoms with E-state index >= 15 is 0 Å². The van der Waals surface area contributed by atoms with Crippen LogP contribution >= 0.6 is 0 Å². The Labute approximate surface area is 103 Å². The lowest BCUT2D eigenvalue weighted by atomic mass is 10.0. The maximum Gasteiger partial charge on any atom is 0.209 e. The summed E-state index contributed by atoms with van der Waals surface area (Å²) in [5, 5.41) is 0. The van der Waals surface area contributed by atoms with Crippen molar-refractivity contribution in [1.82, 2.24) is 4.72 Å². The van der Waals surface area contributed by atoms with Gasteiger partial charge in [-0.1, -0.05) is 19.1 Å². The van der Waals surface area contributed by atoms with Crippen LogP contribution in [0.5, 0.6) is 5.75 Å². The van der Waals surface area contributed by atoms with Crippen molar-refractivity contribution in [3.8, 4) is 5.75 Å². The number of aryl methyl sites for hydroxylation is 1. The molecule has 1 aromatic rings. The van der Waals surface area contributed by atoms with Crippen molar-refractivity contribution >= 4 is 10.0 Å². The molecular formula is C12H19NO3S. The van der Waals surface area contributed by atoms with E-state index in [0.717, 1.165) is 16.9 Å². The normalized spacial score (nSPS) is 13.4. The summed E-state index contributed by atoms with van der Waals surface area (Å²) < 4.78 is 30.3.